The molecule has 0 fully saturated rings. The number of hydrogen-bond donors (Lipinski definition) is 0. The lowest BCUT2D eigenvalue weighted by Gasteiger charge is -2.10. The number of hydrogen-bond acceptors (Lipinski definition) is 3. The number of nitrogens with zero attached hydrogens (tertiary/aromatic N) is 3. The smallest absolute Gasteiger partial charge is 0.262 e. The lowest BCUT2D eigenvalue weighted by atomic mass is 10.1. The van der Waals surface area contributed by atoms with Gasteiger partial charge in [-0.25, -0.2) is 4.98 Å². The van der Waals surface area contributed by atoms with Crippen LogP contribution in [0.15, 0.2) is 47.5 Å². The second-order valence-corrected chi connectivity index (χ2v) is 5.51. The van der Waals surface area contributed by atoms with Crippen molar-refractivity contribution in [2.75, 3.05) is 0 Å². The Balaban J connectivity index is 2.29. The third-order valence-electron chi connectivity index (χ3n) is 3.93. The Morgan fingerprint density at radius 2 is 2.04 bits per heavy atom. The lowest BCUT2D eigenvalue weighted by Crippen LogP contribution is -2.37. The predicted octanol–water partition coefficient (Wildman–Crippen LogP) is 1.78. The van der Waals surface area contributed by atoms with Crippen LogP contribution in [-0.2, 0) is 13.6 Å². The van der Waals surface area contributed by atoms with Crippen molar-refractivity contribution in [2.45, 2.75) is 20.4 Å². The Morgan fingerprint density at radius 1 is 1.26 bits per heavy atom. The zero-order valence-corrected chi connectivity index (χ0v) is 13.4. The number of aryl methyl sites for hydroxylation is 3. The van der Waals surface area contributed by atoms with Crippen molar-refractivity contribution in [2.24, 2.45) is 7.05 Å². The Morgan fingerprint density at radius 3 is 2.74 bits per heavy atom. The molecule has 0 N–H and O–H groups in total. The van der Waals surface area contributed by atoms with Gasteiger partial charge in [-0.15, -0.1) is 0 Å². The van der Waals surface area contributed by atoms with E-state index in [0.29, 0.717) is 23.3 Å². The summed E-state index contributed by atoms with van der Waals surface area (Å²) in [7, 11) is 1.79. The molecule has 0 aliphatic heterocycles. The summed E-state index contributed by atoms with van der Waals surface area (Å²) in [4.78, 5) is 30.0. The summed E-state index contributed by atoms with van der Waals surface area (Å²) >= 11 is 0. The minimum atomic E-state index is -0.275. The van der Waals surface area contributed by atoms with E-state index in [1.165, 1.54) is 0 Å². The molecule has 0 aliphatic carbocycles. The summed E-state index contributed by atoms with van der Waals surface area (Å²) in [6, 6.07) is 8.88. The fourth-order valence-electron chi connectivity index (χ4n) is 2.66. The summed E-state index contributed by atoms with van der Waals surface area (Å²) in [5.74, 6) is -0.275. The van der Waals surface area contributed by atoms with E-state index in [1.54, 1.807) is 48.3 Å². The molecule has 0 unspecified atom stereocenters. The third-order valence-corrected chi connectivity index (χ3v) is 3.93. The molecule has 5 nitrogen and oxygen atoms in total. The second-order valence-electron chi connectivity index (χ2n) is 5.51. The fraction of sp³-hybridized carbons (Fsp3) is 0.222. The maximum absolute atomic E-state index is 12.8. The van der Waals surface area contributed by atoms with Crippen LogP contribution in [0.4, 0.5) is 0 Å². The molecule has 3 aromatic heterocycles. The van der Waals surface area contributed by atoms with Crippen LogP contribution in [0.2, 0.25) is 0 Å². The van der Waals surface area contributed by atoms with E-state index in [0.717, 1.165) is 5.69 Å². The monoisotopic (exact) mass is 308 g/mol. The third kappa shape index (κ3) is 2.54. The normalized spacial score (nSPS) is 10.9. The molecular weight excluding hydrogens is 290 g/mol. The van der Waals surface area contributed by atoms with Crippen LogP contribution < -0.4 is 10.00 Å². The number of carbonyl (C=O) groups is 1. The molecule has 3 rings (SSSR count). The highest BCUT2D eigenvalue weighted by atomic mass is 16.1. The summed E-state index contributed by atoms with van der Waals surface area (Å²) in [6.07, 6.45) is 3.41. The largest absolute Gasteiger partial charge is 0.332 e. The van der Waals surface area contributed by atoms with Crippen molar-refractivity contribution in [3.63, 3.8) is 0 Å². The van der Waals surface area contributed by atoms with Crippen LogP contribution in [0, 0.1) is 6.92 Å². The number of carbonyl (C=O) groups excluding carboxylic acids is 1. The average Bonchev–Trinajstić information content (AvgIpc) is 2.55. The quantitative estimate of drug-likeness (QED) is 0.547. The van der Waals surface area contributed by atoms with E-state index in [4.69, 9.17) is 0 Å². The zero-order valence-electron chi connectivity index (χ0n) is 13.4. The maximum Gasteiger partial charge on any atom is 0.262 e. The first-order chi connectivity index (χ1) is 11.0. The van der Waals surface area contributed by atoms with Crippen molar-refractivity contribution >= 4 is 16.8 Å². The predicted molar refractivity (Wildman–Crippen MR) is 87.5 cm³/mol. The van der Waals surface area contributed by atoms with Crippen LogP contribution in [-0.4, -0.2) is 15.3 Å². The highest BCUT2D eigenvalue weighted by Gasteiger charge is 2.23. The van der Waals surface area contributed by atoms with E-state index in [1.807, 2.05) is 24.5 Å². The summed E-state index contributed by atoms with van der Waals surface area (Å²) in [5, 5.41) is 0.474. The first-order valence-corrected chi connectivity index (χ1v) is 7.53. The topological polar surface area (TPSA) is 55.8 Å². The minimum Gasteiger partial charge on any atom is -0.332 e. The van der Waals surface area contributed by atoms with E-state index in [-0.39, 0.29) is 16.8 Å². The van der Waals surface area contributed by atoms with Crippen LogP contribution in [0.25, 0.3) is 11.0 Å². The first-order valence-electron chi connectivity index (χ1n) is 7.53. The second kappa shape index (κ2) is 5.76. The van der Waals surface area contributed by atoms with Gasteiger partial charge >= 0.3 is 0 Å². The van der Waals surface area contributed by atoms with Crippen molar-refractivity contribution in [3.05, 3.63) is 69.9 Å². The van der Waals surface area contributed by atoms with E-state index in [9.17, 15) is 9.59 Å². The fourth-order valence-corrected chi connectivity index (χ4v) is 2.66. The molecule has 116 valence electrons. The molecule has 0 saturated heterocycles. The molecular formula is C18H18N3O2+. The number of aromatic nitrogens is 3. The van der Waals surface area contributed by atoms with E-state index in [2.05, 4.69) is 4.98 Å². The molecule has 0 radical (unpaired) electrons. The molecule has 0 atom stereocenters. The summed E-state index contributed by atoms with van der Waals surface area (Å²) < 4.78 is 3.57. The number of rotatable bonds is 3. The van der Waals surface area contributed by atoms with Crippen molar-refractivity contribution in [1.29, 1.82) is 0 Å². The molecule has 0 spiro atoms. The molecule has 0 aromatic carbocycles. The minimum absolute atomic E-state index is 0.173. The van der Waals surface area contributed by atoms with Gasteiger partial charge in [0.15, 0.2) is 6.20 Å². The number of ketones is 1. The maximum atomic E-state index is 12.8. The van der Waals surface area contributed by atoms with Crippen LogP contribution in [0.3, 0.4) is 0 Å². The molecule has 23 heavy (non-hydrogen) atoms. The van der Waals surface area contributed by atoms with Gasteiger partial charge in [0.2, 0.25) is 5.43 Å². The van der Waals surface area contributed by atoms with Gasteiger partial charge in [0.1, 0.15) is 12.7 Å². The standard InChI is InChI=1S/C18H18N3O2/c1-4-21-11-14(17(23)15-7-5-6-10-20(15)3)16(22)13-9-8-12(2)19-18(13)21/h5-11H,4H2,1-3H3/q+1. The van der Waals surface area contributed by atoms with Crippen molar-refractivity contribution in [3.8, 4) is 0 Å². The highest BCUT2D eigenvalue weighted by Crippen LogP contribution is 2.12. The molecule has 0 saturated carbocycles. The van der Waals surface area contributed by atoms with E-state index >= 15 is 0 Å². The van der Waals surface area contributed by atoms with Crippen LogP contribution in [0.5, 0.6) is 0 Å². The van der Waals surface area contributed by atoms with Crippen molar-refractivity contribution < 1.29 is 9.36 Å². The summed E-state index contributed by atoms with van der Waals surface area (Å²) in [5.41, 5.74) is 1.84. The van der Waals surface area contributed by atoms with Gasteiger partial charge in [-0.05, 0) is 32.0 Å². The number of pyridine rings is 3. The summed E-state index contributed by atoms with van der Waals surface area (Å²) in [6.45, 7) is 4.48. The molecule has 0 amide bonds. The van der Waals surface area contributed by atoms with Gasteiger partial charge < -0.3 is 4.57 Å². The van der Waals surface area contributed by atoms with E-state index < -0.39 is 0 Å². The van der Waals surface area contributed by atoms with Gasteiger partial charge in [-0.1, -0.05) is 0 Å². The Hall–Kier alpha value is -2.82. The lowest BCUT2D eigenvalue weighted by molar-refractivity contribution is -0.673. The molecule has 3 aromatic rings. The molecule has 3 heterocycles. The van der Waals surface area contributed by atoms with Gasteiger partial charge in [0, 0.05) is 30.6 Å². The Bertz CT molecular complexity index is 974. The highest BCUT2D eigenvalue weighted by molar-refractivity contribution is 6.07. The van der Waals surface area contributed by atoms with Gasteiger partial charge in [-0.3, -0.25) is 9.59 Å². The SMILES string of the molecule is CCn1cc(C(=O)c2cccc[n+]2C)c(=O)c2ccc(C)nc21. The Labute approximate surface area is 133 Å². The number of fused-ring (bicyclic) bond motifs is 1. The average molecular weight is 308 g/mol. The molecule has 0 aliphatic rings. The van der Waals surface area contributed by atoms with Crippen molar-refractivity contribution in [1.82, 2.24) is 9.55 Å². The van der Waals surface area contributed by atoms with Gasteiger partial charge in [-0.2, -0.15) is 4.57 Å². The molecule has 5 heteroatoms. The van der Waals surface area contributed by atoms with Gasteiger partial charge in [0.25, 0.3) is 11.5 Å². The zero-order chi connectivity index (χ0) is 16.6. The Kier molecular flexibility index (Phi) is 3.78. The molecule has 0 bridgehead atoms. The van der Waals surface area contributed by atoms with Crippen LogP contribution >= 0.6 is 0 Å². The van der Waals surface area contributed by atoms with Gasteiger partial charge in [0.05, 0.1) is 10.9 Å². The van der Waals surface area contributed by atoms with Crippen LogP contribution in [0.1, 0.15) is 28.7 Å². The first kappa shape index (κ1) is 15.1.